The molecule has 176 valence electrons. The molecular formula is C24H21ClF2N4O3. The van der Waals surface area contributed by atoms with E-state index in [1.54, 1.807) is 24.5 Å². The molecule has 0 bridgehead atoms. The molecule has 0 spiro atoms. The van der Waals surface area contributed by atoms with E-state index in [9.17, 15) is 18.7 Å². The molecule has 1 atom stereocenters. The summed E-state index contributed by atoms with van der Waals surface area (Å²) in [6.07, 6.45) is 4.83. The number of halogens is 3. The van der Waals surface area contributed by atoms with Gasteiger partial charge in [-0.1, -0.05) is 11.6 Å². The number of rotatable bonds is 7. The summed E-state index contributed by atoms with van der Waals surface area (Å²) in [5.41, 5.74) is 1.81. The molecule has 7 nitrogen and oxygen atoms in total. The molecule has 34 heavy (non-hydrogen) atoms. The number of hydrogen-bond donors (Lipinski definition) is 2. The summed E-state index contributed by atoms with van der Waals surface area (Å²) < 4.78 is 36.0. The first-order chi connectivity index (χ1) is 16.3. The highest BCUT2D eigenvalue weighted by Crippen LogP contribution is 2.29. The summed E-state index contributed by atoms with van der Waals surface area (Å²) in [6.45, 7) is 1.30. The summed E-state index contributed by atoms with van der Waals surface area (Å²) in [6, 6.07) is 8.49. The van der Waals surface area contributed by atoms with Gasteiger partial charge in [0.25, 0.3) is 5.56 Å². The van der Waals surface area contributed by atoms with Crippen molar-refractivity contribution in [3.8, 4) is 11.4 Å². The van der Waals surface area contributed by atoms with Crippen LogP contribution in [0.15, 0.2) is 66.0 Å². The number of aliphatic hydroxyl groups excluding tert-OH is 1. The lowest BCUT2D eigenvalue weighted by Gasteiger charge is -2.20. The zero-order valence-corrected chi connectivity index (χ0v) is 19.1. The molecule has 0 saturated carbocycles. The van der Waals surface area contributed by atoms with Gasteiger partial charge in [0.05, 0.1) is 42.5 Å². The number of benzene rings is 2. The van der Waals surface area contributed by atoms with E-state index in [1.807, 2.05) is 17.7 Å². The number of ether oxygens (including phenoxy) is 1. The Morgan fingerprint density at radius 1 is 1.15 bits per heavy atom. The first-order valence-electron chi connectivity index (χ1n) is 10.2. The third-order valence-electron chi connectivity index (χ3n) is 5.24. The Labute approximate surface area is 198 Å². The van der Waals surface area contributed by atoms with Gasteiger partial charge in [-0.2, -0.15) is 0 Å². The lowest BCUT2D eigenvalue weighted by atomic mass is 10.1. The van der Waals surface area contributed by atoms with Crippen LogP contribution >= 0.6 is 11.6 Å². The highest BCUT2D eigenvalue weighted by molar-refractivity contribution is 6.30. The summed E-state index contributed by atoms with van der Waals surface area (Å²) >= 11 is 6.24. The predicted octanol–water partition coefficient (Wildman–Crippen LogP) is 4.61. The van der Waals surface area contributed by atoms with Crippen molar-refractivity contribution in [3.63, 3.8) is 0 Å². The Morgan fingerprint density at radius 3 is 2.50 bits per heavy atom. The number of pyridine rings is 1. The smallest absolute Gasteiger partial charge is 0.274 e. The summed E-state index contributed by atoms with van der Waals surface area (Å²) in [4.78, 5) is 17.4. The van der Waals surface area contributed by atoms with Crippen molar-refractivity contribution < 1.29 is 18.6 Å². The Balaban J connectivity index is 1.72. The first-order valence-corrected chi connectivity index (χ1v) is 10.6. The van der Waals surface area contributed by atoms with Gasteiger partial charge in [-0.15, -0.1) is 0 Å². The minimum Gasteiger partial charge on any atom is -0.494 e. The number of anilines is 2. The standard InChI is InChI=1S/C24H21ClF2N4O3/c1-14-10-30(13-28-14)21-4-3-19(9-23(21)34-2)29-20-7-16(25)11-31(24(20)33)22(12-32)15-5-17(26)8-18(27)6-15/h3-11,13,22,29,32H,12H2,1-2H3/t22-/m0/s1. The molecule has 4 aromatic rings. The number of nitrogens with one attached hydrogen (secondary N) is 1. The zero-order chi connectivity index (χ0) is 24.4. The first kappa shape index (κ1) is 23.5. The highest BCUT2D eigenvalue weighted by atomic mass is 35.5. The number of aryl methyl sites for hydroxylation is 1. The van der Waals surface area contributed by atoms with Crippen molar-refractivity contribution >= 4 is 23.0 Å². The molecule has 4 rings (SSSR count). The summed E-state index contributed by atoms with van der Waals surface area (Å²) in [7, 11) is 1.53. The molecule has 0 saturated heterocycles. The number of methoxy groups -OCH3 is 1. The Kier molecular flexibility index (Phi) is 6.67. The molecular weight excluding hydrogens is 466 g/mol. The van der Waals surface area contributed by atoms with Crippen molar-refractivity contribution in [2.45, 2.75) is 13.0 Å². The number of aromatic nitrogens is 3. The third-order valence-corrected chi connectivity index (χ3v) is 5.44. The van der Waals surface area contributed by atoms with E-state index < -0.39 is 29.8 Å². The van der Waals surface area contributed by atoms with Crippen molar-refractivity contribution in [1.82, 2.24) is 14.1 Å². The van der Waals surface area contributed by atoms with Gasteiger partial charge in [-0.3, -0.25) is 4.79 Å². The number of aliphatic hydroxyl groups is 1. The largest absolute Gasteiger partial charge is 0.494 e. The molecule has 0 amide bonds. The van der Waals surface area contributed by atoms with Crippen LogP contribution < -0.4 is 15.6 Å². The topological polar surface area (TPSA) is 81.3 Å². The van der Waals surface area contributed by atoms with E-state index in [4.69, 9.17) is 16.3 Å². The molecule has 2 aromatic carbocycles. The average Bonchev–Trinajstić information content (AvgIpc) is 3.22. The molecule has 0 radical (unpaired) electrons. The normalized spacial score (nSPS) is 11.9. The summed E-state index contributed by atoms with van der Waals surface area (Å²) in [5, 5.41) is 13.1. The number of imidazole rings is 1. The maximum absolute atomic E-state index is 13.8. The molecule has 2 aromatic heterocycles. The molecule has 2 N–H and O–H groups in total. The zero-order valence-electron chi connectivity index (χ0n) is 18.3. The van der Waals surface area contributed by atoms with Crippen molar-refractivity contribution in [1.29, 1.82) is 0 Å². The second-order valence-corrected chi connectivity index (χ2v) is 8.06. The fourth-order valence-electron chi connectivity index (χ4n) is 3.69. The van der Waals surface area contributed by atoms with Crippen LogP contribution in [0.5, 0.6) is 5.75 Å². The molecule has 0 aliphatic rings. The van der Waals surface area contributed by atoms with Gasteiger partial charge in [-0.25, -0.2) is 13.8 Å². The van der Waals surface area contributed by atoms with Crippen LogP contribution in [0.25, 0.3) is 5.69 Å². The van der Waals surface area contributed by atoms with Crippen LogP contribution in [0.2, 0.25) is 5.02 Å². The van der Waals surface area contributed by atoms with E-state index in [2.05, 4.69) is 10.3 Å². The van der Waals surface area contributed by atoms with E-state index >= 15 is 0 Å². The third kappa shape index (κ3) is 4.80. The Bertz CT molecular complexity index is 1380. The second kappa shape index (κ2) is 9.66. The molecule has 2 heterocycles. The minimum absolute atomic E-state index is 0.0944. The molecule has 10 heteroatoms. The van der Waals surface area contributed by atoms with Crippen LogP contribution in [0.4, 0.5) is 20.2 Å². The maximum atomic E-state index is 13.8. The fraction of sp³-hybridized carbons (Fsp3) is 0.167. The molecule has 0 aliphatic carbocycles. The van der Waals surface area contributed by atoms with Gasteiger partial charge in [-0.05, 0) is 42.8 Å². The van der Waals surface area contributed by atoms with Crippen LogP contribution in [0.3, 0.4) is 0 Å². The van der Waals surface area contributed by atoms with Crippen molar-refractivity contribution in [2.75, 3.05) is 19.0 Å². The van der Waals surface area contributed by atoms with E-state index in [0.29, 0.717) is 17.5 Å². The second-order valence-electron chi connectivity index (χ2n) is 7.62. The minimum atomic E-state index is -1.04. The quantitative estimate of drug-likeness (QED) is 0.399. The van der Waals surface area contributed by atoms with Gasteiger partial charge < -0.3 is 24.3 Å². The predicted molar refractivity (Wildman–Crippen MR) is 125 cm³/mol. The highest BCUT2D eigenvalue weighted by Gasteiger charge is 2.19. The van der Waals surface area contributed by atoms with E-state index in [-0.39, 0.29) is 16.3 Å². The van der Waals surface area contributed by atoms with Crippen LogP contribution in [-0.4, -0.2) is 32.9 Å². The van der Waals surface area contributed by atoms with Gasteiger partial charge in [0, 0.05) is 30.2 Å². The Morgan fingerprint density at radius 2 is 1.88 bits per heavy atom. The SMILES string of the molecule is COc1cc(Nc2cc(Cl)cn([C@@H](CO)c3cc(F)cc(F)c3)c2=O)ccc1-n1cnc(C)c1. The van der Waals surface area contributed by atoms with Crippen molar-refractivity contribution in [3.05, 3.63) is 99.5 Å². The molecule has 0 unspecified atom stereocenters. The summed E-state index contributed by atoms with van der Waals surface area (Å²) in [5.74, 6) is -1.10. The van der Waals surface area contributed by atoms with Crippen LogP contribution in [0.1, 0.15) is 17.3 Å². The van der Waals surface area contributed by atoms with Crippen LogP contribution in [0, 0.1) is 18.6 Å². The fourth-order valence-corrected chi connectivity index (χ4v) is 3.90. The maximum Gasteiger partial charge on any atom is 0.274 e. The van der Waals surface area contributed by atoms with Crippen molar-refractivity contribution in [2.24, 2.45) is 0 Å². The van der Waals surface area contributed by atoms with Gasteiger partial charge in [0.1, 0.15) is 23.1 Å². The van der Waals surface area contributed by atoms with E-state index in [0.717, 1.165) is 28.1 Å². The van der Waals surface area contributed by atoms with Gasteiger partial charge in [0.2, 0.25) is 0 Å². The van der Waals surface area contributed by atoms with Crippen LogP contribution in [-0.2, 0) is 0 Å². The van der Waals surface area contributed by atoms with E-state index in [1.165, 1.54) is 19.4 Å². The Hall–Kier alpha value is -3.69. The average molecular weight is 487 g/mol. The monoisotopic (exact) mass is 486 g/mol. The number of hydrogen-bond acceptors (Lipinski definition) is 5. The lowest BCUT2D eigenvalue weighted by Crippen LogP contribution is -2.29. The molecule has 0 aliphatic heterocycles. The number of nitrogens with zero attached hydrogens (tertiary/aromatic N) is 3. The molecule has 0 fully saturated rings. The van der Waals surface area contributed by atoms with Gasteiger partial charge >= 0.3 is 0 Å². The lowest BCUT2D eigenvalue weighted by molar-refractivity contribution is 0.246. The van der Waals surface area contributed by atoms with Gasteiger partial charge in [0.15, 0.2) is 0 Å².